The third kappa shape index (κ3) is 4.83. The van der Waals surface area contributed by atoms with E-state index in [0.29, 0.717) is 35.6 Å². The summed E-state index contributed by atoms with van der Waals surface area (Å²) in [6.07, 6.45) is 7.81. The Hall–Kier alpha value is -4.80. The van der Waals surface area contributed by atoms with Gasteiger partial charge in [-0.3, -0.25) is 4.98 Å². The number of para-hydroxylation sites is 1. The number of rotatable bonds is 7. The fraction of sp³-hybridized carbons (Fsp3) is 0.111. The van der Waals surface area contributed by atoms with E-state index in [9.17, 15) is 0 Å². The van der Waals surface area contributed by atoms with Crippen molar-refractivity contribution < 1.29 is 4.74 Å². The summed E-state index contributed by atoms with van der Waals surface area (Å²) in [5.41, 5.74) is 19.3. The standard InChI is InChI=1S/C27H24N8O.H3N/c28-20(9-19-12-31-23-7-2-1-6-22(19)23)14-36-21-10-18(11-30-13-21)16-4-3-5-17(8-16)24-25-26(33-15-32-25)35-27(29)34-24;/h1-8,10-13,15,20,31H,9,14,28H2,(H3,29,32,33,34,35);1H3. The number of aromatic amines is 2. The van der Waals surface area contributed by atoms with Crippen molar-refractivity contribution in [3.8, 4) is 28.1 Å². The molecule has 0 bridgehead atoms. The average molecular weight is 494 g/mol. The highest BCUT2D eigenvalue weighted by molar-refractivity contribution is 5.89. The third-order valence-corrected chi connectivity index (χ3v) is 6.10. The van der Waals surface area contributed by atoms with Gasteiger partial charge in [0.15, 0.2) is 5.65 Å². The molecule has 0 aliphatic heterocycles. The van der Waals surface area contributed by atoms with E-state index in [2.05, 4.69) is 42.0 Å². The van der Waals surface area contributed by atoms with Gasteiger partial charge in [-0.25, -0.2) is 9.97 Å². The van der Waals surface area contributed by atoms with Gasteiger partial charge >= 0.3 is 0 Å². The van der Waals surface area contributed by atoms with Gasteiger partial charge in [0.2, 0.25) is 5.95 Å². The minimum atomic E-state index is -0.157. The zero-order chi connectivity index (χ0) is 24.5. The lowest BCUT2D eigenvalue weighted by molar-refractivity contribution is 0.287. The van der Waals surface area contributed by atoms with Crippen molar-refractivity contribution in [1.29, 1.82) is 0 Å². The minimum absolute atomic E-state index is 0. The quantitative estimate of drug-likeness (QED) is 0.219. The second kappa shape index (κ2) is 10.1. The first kappa shape index (κ1) is 23.9. The van der Waals surface area contributed by atoms with Crippen LogP contribution in [-0.2, 0) is 6.42 Å². The fourth-order valence-corrected chi connectivity index (χ4v) is 4.40. The monoisotopic (exact) mass is 493 g/mol. The van der Waals surface area contributed by atoms with Crippen molar-refractivity contribution in [1.82, 2.24) is 36.1 Å². The van der Waals surface area contributed by atoms with E-state index >= 15 is 0 Å². The summed E-state index contributed by atoms with van der Waals surface area (Å²) in [5.74, 6) is 0.849. The summed E-state index contributed by atoms with van der Waals surface area (Å²) in [6.45, 7) is 0.377. The SMILES string of the molecule is N.Nc1nc(-c2cccc(-c3cncc(OCC(N)Cc4c[nH]c5ccccc45)c3)c2)c2nc[nH]c2n1. The number of aromatic nitrogens is 6. The molecule has 6 aromatic rings. The van der Waals surface area contributed by atoms with E-state index in [4.69, 9.17) is 16.2 Å². The summed E-state index contributed by atoms with van der Waals surface area (Å²) in [4.78, 5) is 23.6. The summed E-state index contributed by atoms with van der Waals surface area (Å²) in [6, 6.07) is 18.0. The molecule has 0 aliphatic carbocycles. The number of nitrogens with zero attached hydrogens (tertiary/aromatic N) is 4. The van der Waals surface area contributed by atoms with E-state index in [1.165, 1.54) is 10.9 Å². The summed E-state index contributed by atoms with van der Waals surface area (Å²) < 4.78 is 6.02. The minimum Gasteiger partial charge on any atom is -0.490 e. The molecule has 9 N–H and O–H groups in total. The fourth-order valence-electron chi connectivity index (χ4n) is 4.40. The number of nitrogen functional groups attached to an aromatic ring is 1. The van der Waals surface area contributed by atoms with E-state index in [1.807, 2.05) is 48.7 Å². The lowest BCUT2D eigenvalue weighted by Crippen LogP contribution is -2.30. The molecular formula is C27H27N9O. The Bertz CT molecular complexity index is 1670. The summed E-state index contributed by atoms with van der Waals surface area (Å²) in [7, 11) is 0. The largest absolute Gasteiger partial charge is 0.490 e. The van der Waals surface area contributed by atoms with Crippen LogP contribution in [0.2, 0.25) is 0 Å². The highest BCUT2D eigenvalue weighted by Gasteiger charge is 2.13. The molecule has 10 nitrogen and oxygen atoms in total. The molecule has 0 amide bonds. The van der Waals surface area contributed by atoms with Gasteiger partial charge in [0, 0.05) is 40.5 Å². The summed E-state index contributed by atoms with van der Waals surface area (Å²) in [5, 5.41) is 1.19. The lowest BCUT2D eigenvalue weighted by Gasteiger charge is -2.13. The number of ether oxygens (including phenoxy) is 1. The molecule has 0 saturated carbocycles. The summed E-state index contributed by atoms with van der Waals surface area (Å²) >= 11 is 0. The molecule has 2 aromatic carbocycles. The van der Waals surface area contributed by atoms with Gasteiger partial charge in [-0.2, -0.15) is 4.98 Å². The van der Waals surface area contributed by atoms with E-state index in [0.717, 1.165) is 22.2 Å². The predicted octanol–water partition coefficient (Wildman–Crippen LogP) is 4.26. The molecule has 0 aliphatic rings. The highest BCUT2D eigenvalue weighted by atomic mass is 16.5. The van der Waals surface area contributed by atoms with Gasteiger partial charge in [-0.15, -0.1) is 0 Å². The van der Waals surface area contributed by atoms with Crippen LogP contribution in [0.25, 0.3) is 44.5 Å². The molecule has 0 spiro atoms. The van der Waals surface area contributed by atoms with Crippen molar-refractivity contribution in [2.75, 3.05) is 12.3 Å². The second-order valence-corrected chi connectivity index (χ2v) is 8.65. The van der Waals surface area contributed by atoms with Crippen LogP contribution in [0, 0.1) is 0 Å². The van der Waals surface area contributed by atoms with Crippen molar-refractivity contribution >= 4 is 28.0 Å². The third-order valence-electron chi connectivity index (χ3n) is 6.10. The van der Waals surface area contributed by atoms with Crippen molar-refractivity contribution in [2.45, 2.75) is 12.5 Å². The molecule has 6 rings (SSSR count). The van der Waals surface area contributed by atoms with Gasteiger partial charge in [0.25, 0.3) is 0 Å². The number of hydrogen-bond acceptors (Lipinski definition) is 8. The molecule has 10 heteroatoms. The van der Waals surface area contributed by atoms with Crippen molar-refractivity contribution in [3.63, 3.8) is 0 Å². The number of nitrogens with one attached hydrogen (secondary N) is 2. The second-order valence-electron chi connectivity index (χ2n) is 8.65. The van der Waals surface area contributed by atoms with Crippen LogP contribution in [-0.4, -0.2) is 42.6 Å². The molecule has 0 saturated heterocycles. The van der Waals surface area contributed by atoms with E-state index in [1.54, 1.807) is 18.7 Å². The van der Waals surface area contributed by atoms with Crippen molar-refractivity contribution in [2.24, 2.45) is 5.73 Å². The number of imidazole rings is 1. The smallest absolute Gasteiger partial charge is 0.222 e. The Labute approximate surface area is 212 Å². The van der Waals surface area contributed by atoms with Crippen LogP contribution in [0.4, 0.5) is 5.95 Å². The zero-order valence-corrected chi connectivity index (χ0v) is 20.1. The number of H-pyrrole nitrogens is 2. The van der Waals surface area contributed by atoms with Crippen LogP contribution in [0.5, 0.6) is 5.75 Å². The van der Waals surface area contributed by atoms with E-state index < -0.39 is 0 Å². The molecule has 4 heterocycles. The van der Waals surface area contributed by atoms with Crippen LogP contribution in [0.15, 0.2) is 79.5 Å². The number of nitrogens with two attached hydrogens (primary N) is 2. The van der Waals surface area contributed by atoms with Crippen molar-refractivity contribution in [3.05, 3.63) is 85.1 Å². The van der Waals surface area contributed by atoms with Crippen LogP contribution >= 0.6 is 0 Å². The molecule has 37 heavy (non-hydrogen) atoms. The average Bonchev–Trinajstić information content (AvgIpc) is 3.54. The normalized spacial score (nSPS) is 11.9. The first-order valence-electron chi connectivity index (χ1n) is 11.6. The highest BCUT2D eigenvalue weighted by Crippen LogP contribution is 2.30. The van der Waals surface area contributed by atoms with Gasteiger partial charge < -0.3 is 32.3 Å². The number of benzene rings is 2. The maximum atomic E-state index is 6.40. The van der Waals surface area contributed by atoms with Gasteiger partial charge in [-0.1, -0.05) is 36.4 Å². The molecular weight excluding hydrogens is 466 g/mol. The van der Waals surface area contributed by atoms with E-state index in [-0.39, 0.29) is 18.1 Å². The Morgan fingerprint density at radius 2 is 1.78 bits per heavy atom. The molecule has 186 valence electrons. The Morgan fingerprint density at radius 3 is 2.70 bits per heavy atom. The molecule has 1 unspecified atom stereocenters. The first-order chi connectivity index (χ1) is 17.6. The van der Waals surface area contributed by atoms with Gasteiger partial charge in [-0.05, 0) is 35.7 Å². The Kier molecular flexibility index (Phi) is 6.50. The molecule has 4 aromatic heterocycles. The molecule has 0 fully saturated rings. The maximum Gasteiger partial charge on any atom is 0.222 e. The number of hydrogen-bond donors (Lipinski definition) is 5. The zero-order valence-electron chi connectivity index (χ0n) is 20.1. The predicted molar refractivity (Wildman–Crippen MR) is 145 cm³/mol. The molecule has 0 radical (unpaired) electrons. The van der Waals surface area contributed by atoms with Gasteiger partial charge in [0.1, 0.15) is 23.6 Å². The van der Waals surface area contributed by atoms with Crippen LogP contribution < -0.4 is 22.4 Å². The Balaban J connectivity index is 0.00000280. The maximum absolute atomic E-state index is 6.40. The van der Waals surface area contributed by atoms with Gasteiger partial charge in [0.05, 0.1) is 12.5 Å². The number of pyridine rings is 1. The lowest BCUT2D eigenvalue weighted by atomic mass is 10.0. The van der Waals surface area contributed by atoms with Crippen LogP contribution in [0.1, 0.15) is 5.56 Å². The Morgan fingerprint density at radius 1 is 0.919 bits per heavy atom. The van der Waals surface area contributed by atoms with Crippen LogP contribution in [0.3, 0.4) is 0 Å². The topological polar surface area (TPSA) is 179 Å². The number of anilines is 1. The molecule has 1 atom stereocenters. The first-order valence-corrected chi connectivity index (χ1v) is 11.6. The number of fused-ring (bicyclic) bond motifs is 2.